The van der Waals surface area contributed by atoms with Crippen LogP contribution in [0.5, 0.6) is 0 Å². The lowest BCUT2D eigenvalue weighted by Crippen LogP contribution is -2.25. The van der Waals surface area contributed by atoms with Gasteiger partial charge in [-0.1, -0.05) is 6.58 Å². The van der Waals surface area contributed by atoms with Gasteiger partial charge in [0.05, 0.1) is 5.84 Å². The van der Waals surface area contributed by atoms with Crippen molar-refractivity contribution < 1.29 is 4.79 Å². The number of nitrogens with zero attached hydrogens (tertiary/aromatic N) is 1. The monoisotopic (exact) mass is 183 g/mol. The zero-order chi connectivity index (χ0) is 10.3. The van der Waals surface area contributed by atoms with Crippen molar-refractivity contribution in [2.45, 2.75) is 20.3 Å². The molecule has 0 heterocycles. The zero-order valence-corrected chi connectivity index (χ0v) is 8.26. The molecule has 0 aromatic heterocycles. The van der Waals surface area contributed by atoms with Crippen LogP contribution >= 0.6 is 0 Å². The van der Waals surface area contributed by atoms with E-state index >= 15 is 0 Å². The van der Waals surface area contributed by atoms with E-state index in [9.17, 15) is 4.79 Å². The summed E-state index contributed by atoms with van der Waals surface area (Å²) in [6.45, 7) is 8.21. The third-order valence-corrected chi connectivity index (χ3v) is 1.37. The molecule has 0 radical (unpaired) electrons. The maximum Gasteiger partial charge on any atom is 0.246 e. The molecule has 4 heteroatoms. The second kappa shape index (κ2) is 6.22. The highest BCUT2D eigenvalue weighted by atomic mass is 16.1. The summed E-state index contributed by atoms with van der Waals surface area (Å²) in [5.74, 6) is 0.472. The molecule has 0 rings (SSSR count). The lowest BCUT2D eigenvalue weighted by molar-refractivity contribution is -0.117. The van der Waals surface area contributed by atoms with E-state index in [1.54, 1.807) is 13.8 Å². The molecule has 13 heavy (non-hydrogen) atoms. The van der Waals surface area contributed by atoms with Crippen molar-refractivity contribution in [2.75, 3.05) is 13.1 Å². The van der Waals surface area contributed by atoms with Crippen molar-refractivity contribution in [2.24, 2.45) is 10.7 Å². The highest BCUT2D eigenvalue weighted by molar-refractivity contribution is 5.92. The molecule has 0 bridgehead atoms. The number of amides is 1. The summed E-state index contributed by atoms with van der Waals surface area (Å²) in [7, 11) is 0. The second-order valence-corrected chi connectivity index (χ2v) is 2.91. The van der Waals surface area contributed by atoms with Gasteiger partial charge in [-0.05, 0) is 20.3 Å². The molecule has 0 saturated heterocycles. The summed E-state index contributed by atoms with van der Waals surface area (Å²) < 4.78 is 0. The van der Waals surface area contributed by atoms with Crippen molar-refractivity contribution in [3.05, 3.63) is 12.2 Å². The maximum absolute atomic E-state index is 11.0. The predicted octanol–water partition coefficient (Wildman–Crippen LogP) is 0.446. The molecular formula is C9H17N3O. The number of rotatable bonds is 5. The predicted molar refractivity (Wildman–Crippen MR) is 54.6 cm³/mol. The first-order valence-electron chi connectivity index (χ1n) is 4.24. The highest BCUT2D eigenvalue weighted by Gasteiger charge is 1.98. The number of carbonyl (C=O) groups excluding carboxylic acids is 1. The summed E-state index contributed by atoms with van der Waals surface area (Å²) in [5, 5.41) is 2.71. The highest BCUT2D eigenvalue weighted by Crippen LogP contribution is 1.86. The third kappa shape index (κ3) is 7.05. The van der Waals surface area contributed by atoms with Gasteiger partial charge in [0.15, 0.2) is 0 Å². The van der Waals surface area contributed by atoms with E-state index in [0.717, 1.165) is 6.42 Å². The van der Waals surface area contributed by atoms with Gasteiger partial charge >= 0.3 is 0 Å². The lowest BCUT2D eigenvalue weighted by atomic mass is 10.3. The van der Waals surface area contributed by atoms with Crippen molar-refractivity contribution in [1.29, 1.82) is 0 Å². The van der Waals surface area contributed by atoms with Gasteiger partial charge in [-0.3, -0.25) is 9.79 Å². The Hall–Kier alpha value is -1.32. The fourth-order valence-corrected chi connectivity index (χ4v) is 0.687. The van der Waals surface area contributed by atoms with Crippen LogP contribution in [0.3, 0.4) is 0 Å². The summed E-state index contributed by atoms with van der Waals surface area (Å²) in [6.07, 6.45) is 0.799. The number of hydrogen-bond donors (Lipinski definition) is 2. The van der Waals surface area contributed by atoms with Crippen molar-refractivity contribution in [3.63, 3.8) is 0 Å². The van der Waals surface area contributed by atoms with E-state index in [-0.39, 0.29) is 5.91 Å². The van der Waals surface area contributed by atoms with E-state index in [2.05, 4.69) is 16.9 Å². The first-order valence-corrected chi connectivity index (χ1v) is 4.24. The summed E-state index contributed by atoms with van der Waals surface area (Å²) in [6, 6.07) is 0. The normalized spacial score (nSPS) is 11.1. The Bertz CT molecular complexity index is 217. The fourth-order valence-electron chi connectivity index (χ4n) is 0.687. The summed E-state index contributed by atoms with van der Waals surface area (Å²) >= 11 is 0. The first-order chi connectivity index (χ1) is 6.04. The Balaban J connectivity index is 3.42. The average Bonchev–Trinajstić information content (AvgIpc) is 2.02. The standard InChI is InChI=1S/C9H17N3O/c1-7(2)9(13)12-6-4-5-11-8(3)10/h1,4-6H2,2-3H3,(H2,10,11)(H,12,13). The van der Waals surface area contributed by atoms with Crippen LogP contribution in [0.2, 0.25) is 0 Å². The molecule has 1 amide bonds. The number of aliphatic imine (C=N–C) groups is 1. The van der Waals surface area contributed by atoms with Gasteiger partial charge in [0.1, 0.15) is 0 Å². The molecular weight excluding hydrogens is 166 g/mol. The summed E-state index contributed by atoms with van der Waals surface area (Å²) in [4.78, 5) is 15.0. The number of carbonyl (C=O) groups is 1. The van der Waals surface area contributed by atoms with Crippen LogP contribution in [0.4, 0.5) is 0 Å². The van der Waals surface area contributed by atoms with Crippen LogP contribution in [0.15, 0.2) is 17.1 Å². The Morgan fingerprint density at radius 1 is 1.54 bits per heavy atom. The minimum Gasteiger partial charge on any atom is -0.388 e. The second-order valence-electron chi connectivity index (χ2n) is 2.91. The van der Waals surface area contributed by atoms with Crippen LogP contribution in [0.25, 0.3) is 0 Å². The van der Waals surface area contributed by atoms with Gasteiger partial charge in [0.25, 0.3) is 0 Å². The quantitative estimate of drug-likeness (QED) is 0.281. The number of hydrogen-bond acceptors (Lipinski definition) is 2. The van der Waals surface area contributed by atoms with Crippen molar-refractivity contribution in [3.8, 4) is 0 Å². The molecule has 0 saturated carbocycles. The molecule has 0 aliphatic carbocycles. The maximum atomic E-state index is 11.0. The molecule has 3 N–H and O–H groups in total. The molecule has 0 unspecified atom stereocenters. The van der Waals surface area contributed by atoms with Crippen LogP contribution in [-0.4, -0.2) is 24.8 Å². The van der Waals surface area contributed by atoms with Crippen LogP contribution in [0, 0.1) is 0 Å². The number of amidine groups is 1. The molecule has 0 aromatic rings. The molecule has 0 aliphatic rings. The van der Waals surface area contributed by atoms with E-state index in [1.807, 2.05) is 0 Å². The number of nitrogens with two attached hydrogens (primary N) is 1. The Morgan fingerprint density at radius 3 is 2.62 bits per heavy atom. The summed E-state index contributed by atoms with van der Waals surface area (Å²) in [5.41, 5.74) is 5.86. The smallest absolute Gasteiger partial charge is 0.246 e. The Kier molecular flexibility index (Phi) is 5.59. The van der Waals surface area contributed by atoms with E-state index < -0.39 is 0 Å². The number of nitrogens with one attached hydrogen (secondary N) is 1. The molecule has 0 atom stereocenters. The molecule has 74 valence electrons. The molecule has 0 aliphatic heterocycles. The molecule has 0 fully saturated rings. The van der Waals surface area contributed by atoms with Gasteiger partial charge in [-0.25, -0.2) is 0 Å². The fraction of sp³-hybridized carbons (Fsp3) is 0.556. The van der Waals surface area contributed by atoms with Crippen molar-refractivity contribution in [1.82, 2.24) is 5.32 Å². The average molecular weight is 183 g/mol. The van der Waals surface area contributed by atoms with Gasteiger partial charge in [-0.15, -0.1) is 0 Å². The minimum atomic E-state index is -0.103. The third-order valence-electron chi connectivity index (χ3n) is 1.37. The molecule has 0 spiro atoms. The molecule has 4 nitrogen and oxygen atoms in total. The van der Waals surface area contributed by atoms with Gasteiger partial charge in [-0.2, -0.15) is 0 Å². The van der Waals surface area contributed by atoms with E-state index in [4.69, 9.17) is 5.73 Å². The minimum absolute atomic E-state index is 0.103. The Labute approximate surface area is 78.9 Å². The first kappa shape index (κ1) is 11.7. The van der Waals surface area contributed by atoms with Crippen LogP contribution < -0.4 is 11.1 Å². The van der Waals surface area contributed by atoms with E-state index in [1.165, 1.54) is 0 Å². The Morgan fingerprint density at radius 2 is 2.15 bits per heavy atom. The lowest BCUT2D eigenvalue weighted by Gasteiger charge is -2.02. The molecule has 0 aromatic carbocycles. The van der Waals surface area contributed by atoms with Gasteiger partial charge in [0, 0.05) is 18.7 Å². The topological polar surface area (TPSA) is 67.5 Å². The SMILES string of the molecule is C=C(C)C(=O)NCCCN=C(C)N. The van der Waals surface area contributed by atoms with Crippen LogP contribution in [0.1, 0.15) is 20.3 Å². The van der Waals surface area contributed by atoms with Crippen LogP contribution in [-0.2, 0) is 4.79 Å². The van der Waals surface area contributed by atoms with Gasteiger partial charge in [0.2, 0.25) is 5.91 Å². The zero-order valence-electron chi connectivity index (χ0n) is 8.26. The van der Waals surface area contributed by atoms with Gasteiger partial charge < -0.3 is 11.1 Å². The largest absolute Gasteiger partial charge is 0.388 e. The van der Waals surface area contributed by atoms with E-state index in [0.29, 0.717) is 24.5 Å². The van der Waals surface area contributed by atoms with Crippen molar-refractivity contribution >= 4 is 11.7 Å².